The van der Waals surface area contributed by atoms with E-state index >= 15 is 0 Å². The van der Waals surface area contributed by atoms with Crippen LogP contribution in [0.5, 0.6) is 0 Å². The lowest BCUT2D eigenvalue weighted by molar-refractivity contribution is 0.649. The molecule has 0 saturated heterocycles. The quantitative estimate of drug-likeness (QED) is 0.840. The molecule has 1 aromatic heterocycles. The minimum atomic E-state index is -0.0760. The smallest absolute Gasteiger partial charge is 0.293 e. The van der Waals surface area contributed by atoms with Crippen LogP contribution in [-0.4, -0.2) is 9.55 Å². The summed E-state index contributed by atoms with van der Waals surface area (Å²) in [4.78, 5) is 16.2. The molecule has 1 aromatic carbocycles. The summed E-state index contributed by atoms with van der Waals surface area (Å²) < 4.78 is 1.67. The molecule has 0 aliphatic carbocycles. The minimum absolute atomic E-state index is 0.0760. The zero-order valence-corrected chi connectivity index (χ0v) is 11.7. The monoisotopic (exact) mass is 272 g/mol. The number of aromatic nitrogens is 2. The van der Waals surface area contributed by atoms with Crippen LogP contribution >= 0.6 is 0 Å². The molecule has 2 rings (SSSR count). The number of nitrogens with one attached hydrogen (secondary N) is 1. The summed E-state index contributed by atoms with van der Waals surface area (Å²) >= 11 is 0. The fourth-order valence-electron chi connectivity index (χ4n) is 1.96. The Hall–Kier alpha value is -2.14. The van der Waals surface area contributed by atoms with Crippen molar-refractivity contribution in [3.8, 4) is 0 Å². The number of anilines is 1. The van der Waals surface area contributed by atoms with Gasteiger partial charge in [-0.3, -0.25) is 4.79 Å². The van der Waals surface area contributed by atoms with E-state index in [4.69, 9.17) is 5.73 Å². The first kappa shape index (κ1) is 14.3. The number of aryl methyl sites for hydroxylation is 1. The number of benzene rings is 1. The molecular formula is C15H20N4O. The van der Waals surface area contributed by atoms with E-state index in [1.165, 1.54) is 0 Å². The molecule has 20 heavy (non-hydrogen) atoms. The van der Waals surface area contributed by atoms with Crippen LogP contribution in [0.1, 0.15) is 24.5 Å². The lowest BCUT2D eigenvalue weighted by Crippen LogP contribution is -2.24. The van der Waals surface area contributed by atoms with Crippen molar-refractivity contribution < 1.29 is 0 Å². The first-order valence-electron chi connectivity index (χ1n) is 6.81. The van der Waals surface area contributed by atoms with Crippen LogP contribution in [0.15, 0.2) is 41.5 Å². The summed E-state index contributed by atoms with van der Waals surface area (Å²) in [6, 6.07) is 7.99. The fraction of sp³-hybridized carbons (Fsp3) is 0.333. The van der Waals surface area contributed by atoms with E-state index in [9.17, 15) is 4.79 Å². The molecule has 0 unspecified atom stereocenters. The summed E-state index contributed by atoms with van der Waals surface area (Å²) in [6.45, 7) is 3.86. The maximum Gasteiger partial charge on any atom is 0.293 e. The summed E-state index contributed by atoms with van der Waals surface area (Å²) in [5.74, 6) is 0.392. The van der Waals surface area contributed by atoms with Crippen molar-refractivity contribution in [2.45, 2.75) is 33.0 Å². The average Bonchev–Trinajstić information content (AvgIpc) is 2.49. The molecule has 5 heteroatoms. The van der Waals surface area contributed by atoms with Crippen LogP contribution in [-0.2, 0) is 19.6 Å². The summed E-state index contributed by atoms with van der Waals surface area (Å²) in [6.07, 6.45) is 4.29. The van der Waals surface area contributed by atoms with Crippen molar-refractivity contribution in [1.29, 1.82) is 0 Å². The molecule has 0 atom stereocenters. The third kappa shape index (κ3) is 3.45. The average molecular weight is 272 g/mol. The van der Waals surface area contributed by atoms with Crippen LogP contribution in [0, 0.1) is 0 Å². The van der Waals surface area contributed by atoms with Gasteiger partial charge in [0.25, 0.3) is 5.56 Å². The highest BCUT2D eigenvalue weighted by Gasteiger charge is 2.03. The second-order valence-corrected chi connectivity index (χ2v) is 4.65. The Labute approximate surface area is 118 Å². The van der Waals surface area contributed by atoms with Gasteiger partial charge >= 0.3 is 0 Å². The van der Waals surface area contributed by atoms with Crippen LogP contribution in [0.3, 0.4) is 0 Å². The second-order valence-electron chi connectivity index (χ2n) is 4.65. The maximum absolute atomic E-state index is 12.1. The predicted octanol–water partition coefficient (Wildman–Crippen LogP) is 1.72. The molecule has 0 fully saturated rings. The lowest BCUT2D eigenvalue weighted by atomic mass is 10.1. The Balaban J connectivity index is 2.06. The molecule has 1 heterocycles. The zero-order valence-electron chi connectivity index (χ0n) is 11.7. The topological polar surface area (TPSA) is 72.9 Å². The SMILES string of the molecule is CCCn1ccnc(NCc2ccc(CN)cc2)c1=O. The van der Waals surface area contributed by atoms with Crippen LogP contribution < -0.4 is 16.6 Å². The van der Waals surface area contributed by atoms with Crippen LogP contribution in [0.2, 0.25) is 0 Å². The van der Waals surface area contributed by atoms with Gasteiger partial charge in [-0.05, 0) is 17.5 Å². The van der Waals surface area contributed by atoms with Crippen LogP contribution in [0.4, 0.5) is 5.82 Å². The van der Waals surface area contributed by atoms with Gasteiger partial charge in [0.1, 0.15) is 0 Å². The number of nitrogens with zero attached hydrogens (tertiary/aromatic N) is 2. The van der Waals surface area contributed by atoms with Crippen LogP contribution in [0.25, 0.3) is 0 Å². The highest BCUT2D eigenvalue weighted by molar-refractivity contribution is 5.33. The van der Waals surface area contributed by atoms with Crippen molar-refractivity contribution in [3.05, 3.63) is 58.1 Å². The van der Waals surface area contributed by atoms with Crippen molar-refractivity contribution >= 4 is 5.82 Å². The van der Waals surface area contributed by atoms with Crippen molar-refractivity contribution in [2.75, 3.05) is 5.32 Å². The molecule has 0 aliphatic heterocycles. The fourth-order valence-corrected chi connectivity index (χ4v) is 1.96. The summed E-state index contributed by atoms with van der Waals surface area (Å²) in [5, 5.41) is 3.09. The molecule has 0 radical (unpaired) electrons. The van der Waals surface area contributed by atoms with E-state index in [1.54, 1.807) is 17.0 Å². The Morgan fingerprint density at radius 2 is 1.95 bits per heavy atom. The van der Waals surface area contributed by atoms with E-state index in [1.807, 2.05) is 31.2 Å². The Kier molecular flexibility index (Phi) is 4.90. The van der Waals surface area contributed by atoms with Gasteiger partial charge in [-0.15, -0.1) is 0 Å². The van der Waals surface area contributed by atoms with Gasteiger partial charge in [0, 0.05) is 32.0 Å². The van der Waals surface area contributed by atoms with E-state index in [0.29, 0.717) is 25.5 Å². The summed E-state index contributed by atoms with van der Waals surface area (Å²) in [5.41, 5.74) is 7.67. The van der Waals surface area contributed by atoms with Gasteiger partial charge in [-0.25, -0.2) is 4.98 Å². The molecule has 0 aliphatic rings. The molecule has 0 bridgehead atoms. The third-order valence-corrected chi connectivity index (χ3v) is 3.10. The first-order chi connectivity index (χ1) is 9.74. The van der Waals surface area contributed by atoms with Gasteiger partial charge in [0.05, 0.1) is 0 Å². The van der Waals surface area contributed by atoms with Gasteiger partial charge in [0.2, 0.25) is 0 Å². The Morgan fingerprint density at radius 3 is 2.60 bits per heavy atom. The number of nitrogens with two attached hydrogens (primary N) is 1. The predicted molar refractivity (Wildman–Crippen MR) is 80.4 cm³/mol. The summed E-state index contributed by atoms with van der Waals surface area (Å²) in [7, 11) is 0. The third-order valence-electron chi connectivity index (χ3n) is 3.10. The standard InChI is InChI=1S/C15H20N4O/c1-2-8-19-9-7-17-14(15(19)20)18-11-13-5-3-12(10-16)4-6-13/h3-7,9H,2,8,10-11,16H2,1H3,(H,17,18). The Morgan fingerprint density at radius 1 is 1.25 bits per heavy atom. The molecule has 0 amide bonds. The molecule has 3 N–H and O–H groups in total. The van der Waals surface area contributed by atoms with Gasteiger partial charge in [-0.2, -0.15) is 0 Å². The molecule has 0 saturated carbocycles. The van der Waals surface area contributed by atoms with Crippen molar-refractivity contribution in [2.24, 2.45) is 5.73 Å². The van der Waals surface area contributed by atoms with E-state index in [-0.39, 0.29) is 5.56 Å². The lowest BCUT2D eigenvalue weighted by Gasteiger charge is -2.08. The van der Waals surface area contributed by atoms with Gasteiger partial charge in [-0.1, -0.05) is 31.2 Å². The van der Waals surface area contributed by atoms with E-state index in [2.05, 4.69) is 10.3 Å². The maximum atomic E-state index is 12.1. The second kappa shape index (κ2) is 6.86. The van der Waals surface area contributed by atoms with Crippen molar-refractivity contribution in [3.63, 3.8) is 0 Å². The number of hydrogen-bond donors (Lipinski definition) is 2. The molecule has 0 spiro atoms. The highest BCUT2D eigenvalue weighted by atomic mass is 16.1. The Bertz CT molecular complexity index is 604. The largest absolute Gasteiger partial charge is 0.361 e. The number of rotatable bonds is 6. The van der Waals surface area contributed by atoms with Gasteiger partial charge < -0.3 is 15.6 Å². The normalized spacial score (nSPS) is 10.5. The molecular weight excluding hydrogens is 252 g/mol. The highest BCUT2D eigenvalue weighted by Crippen LogP contribution is 2.05. The molecule has 2 aromatic rings. The van der Waals surface area contributed by atoms with E-state index < -0.39 is 0 Å². The van der Waals surface area contributed by atoms with Crippen molar-refractivity contribution in [1.82, 2.24) is 9.55 Å². The van der Waals surface area contributed by atoms with E-state index in [0.717, 1.165) is 17.5 Å². The molecule has 5 nitrogen and oxygen atoms in total. The number of hydrogen-bond acceptors (Lipinski definition) is 4. The zero-order chi connectivity index (χ0) is 14.4. The van der Waals surface area contributed by atoms with Gasteiger partial charge in [0.15, 0.2) is 5.82 Å². The first-order valence-corrected chi connectivity index (χ1v) is 6.81. The molecule has 106 valence electrons. The minimum Gasteiger partial charge on any atom is -0.361 e.